The first-order chi connectivity index (χ1) is 12.1. The first-order valence-corrected chi connectivity index (χ1v) is 7.57. The van der Waals surface area contributed by atoms with Crippen LogP contribution in [0.1, 0.15) is 17.4 Å². The van der Waals surface area contributed by atoms with Crippen LogP contribution in [-0.2, 0) is 4.74 Å². The van der Waals surface area contributed by atoms with Gasteiger partial charge in [0.05, 0.1) is 11.5 Å². The number of carbonyl (C=O) groups is 1. The molecule has 0 radical (unpaired) electrons. The van der Waals surface area contributed by atoms with E-state index in [9.17, 15) is 14.9 Å². The lowest BCUT2D eigenvalue weighted by Crippen LogP contribution is -2.04. The minimum atomic E-state index is -0.536. The summed E-state index contributed by atoms with van der Waals surface area (Å²) in [6.07, 6.45) is 0. The number of carbonyl (C=O) groups excluding carboxylic acids is 1. The van der Waals surface area contributed by atoms with Gasteiger partial charge in [0.15, 0.2) is 11.5 Å². The Hall–Kier alpha value is -3.48. The number of nitrogens with zero attached hydrogens (tertiary/aromatic N) is 2. The van der Waals surface area contributed by atoms with Crippen molar-refractivity contribution in [1.82, 2.24) is 5.16 Å². The molecule has 0 saturated heterocycles. The van der Waals surface area contributed by atoms with E-state index in [1.165, 1.54) is 18.2 Å². The van der Waals surface area contributed by atoms with Gasteiger partial charge in [0.25, 0.3) is 5.69 Å². The van der Waals surface area contributed by atoms with Crippen LogP contribution in [0.2, 0.25) is 0 Å². The summed E-state index contributed by atoms with van der Waals surface area (Å²) in [7, 11) is 0. The fourth-order valence-electron chi connectivity index (χ4n) is 2.34. The highest BCUT2D eigenvalue weighted by Crippen LogP contribution is 2.27. The fourth-order valence-corrected chi connectivity index (χ4v) is 2.34. The molecule has 0 saturated carbocycles. The standard InChI is InChI=1S/C18H14N2O5/c1-2-24-18(21)16-11-17(25-19-16)13-8-6-12(7-9-13)14-4-3-5-15(10-14)20(22)23/h3-11H,2H2,1H3. The molecule has 0 aliphatic heterocycles. The Balaban J connectivity index is 1.84. The number of rotatable bonds is 5. The SMILES string of the molecule is CCOC(=O)c1cc(-c2ccc(-c3cccc([N+](=O)[O-])c3)cc2)on1. The lowest BCUT2D eigenvalue weighted by atomic mass is 10.0. The molecule has 0 aliphatic rings. The largest absolute Gasteiger partial charge is 0.461 e. The van der Waals surface area contributed by atoms with Crippen molar-refractivity contribution in [2.45, 2.75) is 6.92 Å². The number of ether oxygens (including phenoxy) is 1. The topological polar surface area (TPSA) is 95.5 Å². The van der Waals surface area contributed by atoms with Crippen LogP contribution >= 0.6 is 0 Å². The number of benzene rings is 2. The van der Waals surface area contributed by atoms with E-state index < -0.39 is 10.9 Å². The first-order valence-electron chi connectivity index (χ1n) is 7.57. The molecule has 0 atom stereocenters. The number of non-ortho nitro benzene ring substituents is 1. The summed E-state index contributed by atoms with van der Waals surface area (Å²) in [6, 6.07) is 15.2. The van der Waals surface area contributed by atoms with E-state index in [2.05, 4.69) is 5.16 Å². The monoisotopic (exact) mass is 338 g/mol. The zero-order valence-corrected chi connectivity index (χ0v) is 13.3. The van der Waals surface area contributed by atoms with Gasteiger partial charge in [-0.3, -0.25) is 10.1 Å². The third kappa shape index (κ3) is 3.55. The van der Waals surface area contributed by atoms with Crippen molar-refractivity contribution in [2.75, 3.05) is 6.61 Å². The molecule has 0 fully saturated rings. The summed E-state index contributed by atoms with van der Waals surface area (Å²) in [5.74, 6) is -0.0978. The molecule has 0 aliphatic carbocycles. The van der Waals surface area contributed by atoms with Crippen molar-refractivity contribution in [1.29, 1.82) is 0 Å². The van der Waals surface area contributed by atoms with E-state index in [4.69, 9.17) is 9.26 Å². The quantitative estimate of drug-likeness (QED) is 0.395. The van der Waals surface area contributed by atoms with Crippen LogP contribution in [0.5, 0.6) is 0 Å². The number of nitro groups is 1. The molecule has 3 rings (SSSR count). The Morgan fingerprint density at radius 3 is 2.52 bits per heavy atom. The van der Waals surface area contributed by atoms with Crippen LogP contribution in [-0.4, -0.2) is 22.7 Å². The molecule has 0 spiro atoms. The summed E-state index contributed by atoms with van der Waals surface area (Å²) >= 11 is 0. The van der Waals surface area contributed by atoms with Gasteiger partial charge < -0.3 is 9.26 Å². The lowest BCUT2D eigenvalue weighted by molar-refractivity contribution is -0.384. The second kappa shape index (κ2) is 6.96. The normalized spacial score (nSPS) is 10.4. The number of hydrogen-bond donors (Lipinski definition) is 0. The van der Waals surface area contributed by atoms with Gasteiger partial charge in [0.2, 0.25) is 0 Å². The second-order valence-corrected chi connectivity index (χ2v) is 5.18. The molecule has 25 heavy (non-hydrogen) atoms. The highest BCUT2D eigenvalue weighted by Gasteiger charge is 2.14. The van der Waals surface area contributed by atoms with Crippen LogP contribution in [0.4, 0.5) is 5.69 Å². The number of nitro benzene ring substituents is 1. The Morgan fingerprint density at radius 1 is 1.12 bits per heavy atom. The highest BCUT2D eigenvalue weighted by atomic mass is 16.6. The van der Waals surface area contributed by atoms with Gasteiger partial charge in [-0.25, -0.2) is 4.79 Å². The van der Waals surface area contributed by atoms with Gasteiger partial charge in [0, 0.05) is 23.8 Å². The fraction of sp³-hybridized carbons (Fsp3) is 0.111. The zero-order valence-electron chi connectivity index (χ0n) is 13.3. The molecule has 0 amide bonds. The predicted molar refractivity (Wildman–Crippen MR) is 90.0 cm³/mol. The maximum atomic E-state index is 11.6. The van der Waals surface area contributed by atoms with Crippen LogP contribution in [0.15, 0.2) is 59.1 Å². The maximum Gasteiger partial charge on any atom is 0.360 e. The molecule has 1 heterocycles. The van der Waals surface area contributed by atoms with Gasteiger partial charge in [-0.15, -0.1) is 0 Å². The molecular weight excluding hydrogens is 324 g/mol. The lowest BCUT2D eigenvalue weighted by Gasteiger charge is -2.02. The van der Waals surface area contributed by atoms with E-state index in [-0.39, 0.29) is 18.0 Å². The van der Waals surface area contributed by atoms with Crippen molar-refractivity contribution >= 4 is 11.7 Å². The molecule has 2 aromatic carbocycles. The summed E-state index contributed by atoms with van der Waals surface area (Å²) in [5.41, 5.74) is 2.45. The van der Waals surface area contributed by atoms with Gasteiger partial charge in [0.1, 0.15) is 0 Å². The summed E-state index contributed by atoms with van der Waals surface area (Å²) in [4.78, 5) is 22.1. The molecule has 126 valence electrons. The van der Waals surface area contributed by atoms with E-state index in [1.54, 1.807) is 31.2 Å². The third-order valence-corrected chi connectivity index (χ3v) is 3.55. The molecule has 0 N–H and O–H groups in total. The minimum absolute atomic E-state index is 0.0379. The van der Waals surface area contributed by atoms with Gasteiger partial charge in [-0.05, 0) is 18.1 Å². The van der Waals surface area contributed by atoms with Crippen molar-refractivity contribution < 1.29 is 19.0 Å². The smallest absolute Gasteiger partial charge is 0.360 e. The molecule has 0 unspecified atom stereocenters. The Kier molecular flexibility index (Phi) is 4.56. The van der Waals surface area contributed by atoms with E-state index in [0.717, 1.165) is 16.7 Å². The third-order valence-electron chi connectivity index (χ3n) is 3.55. The van der Waals surface area contributed by atoms with Gasteiger partial charge in [-0.2, -0.15) is 0 Å². The van der Waals surface area contributed by atoms with Crippen LogP contribution in [0.25, 0.3) is 22.5 Å². The van der Waals surface area contributed by atoms with Gasteiger partial charge >= 0.3 is 5.97 Å². The average molecular weight is 338 g/mol. The minimum Gasteiger partial charge on any atom is -0.461 e. The van der Waals surface area contributed by atoms with Crippen molar-refractivity contribution in [3.63, 3.8) is 0 Å². The zero-order chi connectivity index (χ0) is 17.8. The van der Waals surface area contributed by atoms with Crippen molar-refractivity contribution in [2.24, 2.45) is 0 Å². The van der Waals surface area contributed by atoms with Crippen LogP contribution in [0, 0.1) is 10.1 Å². The highest BCUT2D eigenvalue weighted by molar-refractivity contribution is 5.88. The summed E-state index contributed by atoms with van der Waals surface area (Å²) < 4.78 is 10.0. The molecule has 7 heteroatoms. The van der Waals surface area contributed by atoms with E-state index >= 15 is 0 Å². The predicted octanol–water partition coefficient (Wildman–Crippen LogP) is 4.09. The van der Waals surface area contributed by atoms with Crippen LogP contribution < -0.4 is 0 Å². The summed E-state index contributed by atoms with van der Waals surface area (Å²) in [6.45, 7) is 1.98. The Morgan fingerprint density at radius 2 is 1.84 bits per heavy atom. The molecule has 1 aromatic heterocycles. The first kappa shape index (κ1) is 16.4. The van der Waals surface area contributed by atoms with Crippen molar-refractivity contribution in [3.8, 4) is 22.5 Å². The summed E-state index contributed by atoms with van der Waals surface area (Å²) in [5, 5.41) is 14.6. The average Bonchev–Trinajstić information content (AvgIpc) is 3.12. The Labute approximate surface area is 143 Å². The van der Waals surface area contributed by atoms with Crippen LogP contribution in [0.3, 0.4) is 0 Å². The van der Waals surface area contributed by atoms with Gasteiger partial charge in [-0.1, -0.05) is 41.6 Å². The van der Waals surface area contributed by atoms with Crippen molar-refractivity contribution in [3.05, 3.63) is 70.4 Å². The second-order valence-electron chi connectivity index (χ2n) is 5.18. The molecular formula is C18H14N2O5. The number of esters is 1. The molecule has 3 aromatic rings. The number of hydrogen-bond acceptors (Lipinski definition) is 6. The maximum absolute atomic E-state index is 11.6. The number of aromatic nitrogens is 1. The molecule has 0 bridgehead atoms. The van der Waals surface area contributed by atoms with E-state index in [1.807, 2.05) is 12.1 Å². The molecule has 7 nitrogen and oxygen atoms in total. The van der Waals surface area contributed by atoms with E-state index in [0.29, 0.717) is 5.76 Å². The Bertz CT molecular complexity index is 915.